The minimum absolute atomic E-state index is 0.261. The van der Waals surface area contributed by atoms with Crippen molar-refractivity contribution in [3.8, 4) is 5.75 Å². The van der Waals surface area contributed by atoms with Crippen molar-refractivity contribution in [2.75, 3.05) is 19.7 Å². The highest BCUT2D eigenvalue weighted by Gasteiger charge is 2.08. The summed E-state index contributed by atoms with van der Waals surface area (Å²) in [6.07, 6.45) is 1.13. The largest absolute Gasteiger partial charge is 0.492 e. The van der Waals surface area contributed by atoms with Crippen LogP contribution in [0.5, 0.6) is 5.75 Å². The van der Waals surface area contributed by atoms with Crippen molar-refractivity contribution in [2.45, 2.75) is 27.2 Å². The molecule has 0 bridgehead atoms. The summed E-state index contributed by atoms with van der Waals surface area (Å²) in [5.41, 5.74) is 0.358. The Hall–Kier alpha value is -1.09. The van der Waals surface area contributed by atoms with Crippen LogP contribution in [-0.4, -0.2) is 19.7 Å². The summed E-state index contributed by atoms with van der Waals surface area (Å²) < 4.78 is 18.2. The molecular weight excluding hydrogens is 217 g/mol. The Kier molecular flexibility index (Phi) is 5.42. The van der Waals surface area contributed by atoms with E-state index in [4.69, 9.17) is 4.74 Å². The van der Waals surface area contributed by atoms with Gasteiger partial charge in [-0.15, -0.1) is 0 Å². The Balaban J connectivity index is 2.09. The van der Waals surface area contributed by atoms with Gasteiger partial charge in [-0.25, -0.2) is 4.39 Å². The van der Waals surface area contributed by atoms with Crippen LogP contribution >= 0.6 is 0 Å². The zero-order valence-electron chi connectivity index (χ0n) is 10.9. The number of hydrogen-bond acceptors (Lipinski definition) is 2. The minimum atomic E-state index is -0.261. The standard InChI is InChI=1S/C14H22FNO/c1-14(2,3)7-8-16-9-10-17-13-6-4-5-12(15)11-13/h4-6,11,16H,7-10H2,1-3H3. The van der Waals surface area contributed by atoms with Gasteiger partial charge < -0.3 is 10.1 Å². The molecule has 3 heteroatoms. The summed E-state index contributed by atoms with van der Waals surface area (Å²) in [5, 5.41) is 3.31. The lowest BCUT2D eigenvalue weighted by atomic mass is 9.92. The summed E-state index contributed by atoms with van der Waals surface area (Å²) in [5.74, 6) is 0.325. The van der Waals surface area contributed by atoms with Crippen LogP contribution in [0.3, 0.4) is 0 Å². The number of nitrogens with one attached hydrogen (secondary N) is 1. The van der Waals surface area contributed by atoms with E-state index in [9.17, 15) is 4.39 Å². The molecule has 0 aliphatic heterocycles. The first-order valence-corrected chi connectivity index (χ1v) is 6.06. The molecule has 0 saturated carbocycles. The molecule has 2 nitrogen and oxygen atoms in total. The third kappa shape index (κ3) is 6.95. The summed E-state index contributed by atoms with van der Waals surface area (Å²) in [7, 11) is 0. The van der Waals surface area contributed by atoms with E-state index in [-0.39, 0.29) is 5.82 Å². The highest BCUT2D eigenvalue weighted by Crippen LogP contribution is 2.16. The van der Waals surface area contributed by atoms with Crippen LogP contribution in [0, 0.1) is 11.2 Å². The monoisotopic (exact) mass is 239 g/mol. The second-order valence-electron chi connectivity index (χ2n) is 5.37. The van der Waals surface area contributed by atoms with Crippen molar-refractivity contribution >= 4 is 0 Å². The van der Waals surface area contributed by atoms with Gasteiger partial charge in [-0.2, -0.15) is 0 Å². The summed E-state index contributed by atoms with van der Waals surface area (Å²) >= 11 is 0. The van der Waals surface area contributed by atoms with Crippen LogP contribution in [0.25, 0.3) is 0 Å². The van der Waals surface area contributed by atoms with Crippen molar-refractivity contribution < 1.29 is 9.13 Å². The van der Waals surface area contributed by atoms with Gasteiger partial charge >= 0.3 is 0 Å². The van der Waals surface area contributed by atoms with Crippen molar-refractivity contribution in [3.05, 3.63) is 30.1 Å². The van der Waals surface area contributed by atoms with Crippen LogP contribution in [0.4, 0.5) is 4.39 Å². The molecule has 0 amide bonds. The maximum absolute atomic E-state index is 12.8. The van der Waals surface area contributed by atoms with E-state index in [0.29, 0.717) is 17.8 Å². The SMILES string of the molecule is CC(C)(C)CCNCCOc1cccc(F)c1. The average Bonchev–Trinajstić information content (AvgIpc) is 2.22. The van der Waals surface area contributed by atoms with Crippen LogP contribution < -0.4 is 10.1 Å². The third-order valence-electron chi connectivity index (χ3n) is 2.40. The first kappa shape index (κ1) is 14.0. The predicted octanol–water partition coefficient (Wildman–Crippen LogP) is 3.23. The van der Waals surface area contributed by atoms with Gasteiger partial charge in [0, 0.05) is 12.6 Å². The topological polar surface area (TPSA) is 21.3 Å². The number of benzene rings is 1. The molecule has 0 spiro atoms. The zero-order valence-corrected chi connectivity index (χ0v) is 10.9. The first-order valence-electron chi connectivity index (χ1n) is 6.06. The van der Waals surface area contributed by atoms with Crippen molar-refractivity contribution in [1.29, 1.82) is 0 Å². The van der Waals surface area contributed by atoms with E-state index in [1.165, 1.54) is 12.1 Å². The fourth-order valence-corrected chi connectivity index (χ4v) is 1.39. The lowest BCUT2D eigenvalue weighted by Crippen LogP contribution is -2.25. The molecule has 1 N–H and O–H groups in total. The van der Waals surface area contributed by atoms with Gasteiger partial charge in [0.2, 0.25) is 0 Å². The van der Waals surface area contributed by atoms with Crippen LogP contribution in [0.15, 0.2) is 24.3 Å². The molecule has 1 rings (SSSR count). The first-order chi connectivity index (χ1) is 7.97. The van der Waals surface area contributed by atoms with Gasteiger partial charge in [0.1, 0.15) is 18.2 Å². The molecule has 96 valence electrons. The van der Waals surface area contributed by atoms with Gasteiger partial charge in [-0.05, 0) is 30.5 Å². The number of rotatable bonds is 6. The molecule has 0 atom stereocenters. The smallest absolute Gasteiger partial charge is 0.126 e. The van der Waals surface area contributed by atoms with Gasteiger partial charge in [-0.3, -0.25) is 0 Å². The second-order valence-corrected chi connectivity index (χ2v) is 5.37. The fraction of sp³-hybridized carbons (Fsp3) is 0.571. The molecule has 1 aromatic carbocycles. The van der Waals surface area contributed by atoms with Crippen LogP contribution in [-0.2, 0) is 0 Å². The van der Waals surface area contributed by atoms with Gasteiger partial charge in [0.25, 0.3) is 0 Å². The number of halogens is 1. The highest BCUT2D eigenvalue weighted by molar-refractivity contribution is 5.22. The summed E-state index contributed by atoms with van der Waals surface area (Å²) in [6.45, 7) is 8.99. The quantitative estimate of drug-likeness (QED) is 0.770. The van der Waals surface area contributed by atoms with Crippen molar-refractivity contribution in [1.82, 2.24) is 5.32 Å². The summed E-state index contributed by atoms with van der Waals surface area (Å²) in [4.78, 5) is 0. The molecular formula is C14H22FNO. The molecule has 0 fully saturated rings. The molecule has 0 aromatic heterocycles. The molecule has 0 unspecified atom stereocenters. The second kappa shape index (κ2) is 6.60. The highest BCUT2D eigenvalue weighted by atomic mass is 19.1. The van der Waals surface area contributed by atoms with E-state index in [2.05, 4.69) is 26.1 Å². The molecule has 0 heterocycles. The maximum Gasteiger partial charge on any atom is 0.126 e. The van der Waals surface area contributed by atoms with E-state index >= 15 is 0 Å². The Labute approximate surface area is 103 Å². The maximum atomic E-state index is 12.8. The molecule has 0 radical (unpaired) electrons. The molecule has 0 saturated heterocycles. The normalized spacial score (nSPS) is 11.5. The third-order valence-corrected chi connectivity index (χ3v) is 2.40. The fourth-order valence-electron chi connectivity index (χ4n) is 1.39. The minimum Gasteiger partial charge on any atom is -0.492 e. The van der Waals surface area contributed by atoms with E-state index < -0.39 is 0 Å². The number of hydrogen-bond donors (Lipinski definition) is 1. The predicted molar refractivity (Wildman–Crippen MR) is 68.8 cm³/mol. The van der Waals surface area contributed by atoms with Crippen LogP contribution in [0.1, 0.15) is 27.2 Å². The van der Waals surface area contributed by atoms with Gasteiger partial charge in [0.15, 0.2) is 0 Å². The van der Waals surface area contributed by atoms with E-state index in [1.54, 1.807) is 12.1 Å². The zero-order chi connectivity index (χ0) is 12.7. The van der Waals surface area contributed by atoms with Gasteiger partial charge in [0.05, 0.1) is 0 Å². The van der Waals surface area contributed by atoms with Crippen molar-refractivity contribution in [2.24, 2.45) is 5.41 Å². The van der Waals surface area contributed by atoms with Crippen molar-refractivity contribution in [3.63, 3.8) is 0 Å². The Morgan fingerprint density at radius 1 is 1.24 bits per heavy atom. The number of ether oxygens (including phenoxy) is 1. The lowest BCUT2D eigenvalue weighted by molar-refractivity contribution is 0.303. The molecule has 1 aromatic rings. The molecule has 17 heavy (non-hydrogen) atoms. The van der Waals surface area contributed by atoms with E-state index in [1.807, 2.05) is 0 Å². The average molecular weight is 239 g/mol. The lowest BCUT2D eigenvalue weighted by Gasteiger charge is -2.18. The van der Waals surface area contributed by atoms with Crippen LogP contribution in [0.2, 0.25) is 0 Å². The summed E-state index contributed by atoms with van der Waals surface area (Å²) in [6, 6.07) is 6.22. The molecule has 0 aliphatic carbocycles. The Bertz CT molecular complexity index is 333. The Morgan fingerprint density at radius 2 is 2.00 bits per heavy atom. The Morgan fingerprint density at radius 3 is 2.65 bits per heavy atom. The molecule has 0 aliphatic rings. The van der Waals surface area contributed by atoms with E-state index in [0.717, 1.165) is 19.5 Å². The van der Waals surface area contributed by atoms with Gasteiger partial charge in [-0.1, -0.05) is 26.8 Å².